The van der Waals surface area contributed by atoms with Gasteiger partial charge in [0.25, 0.3) is 0 Å². The lowest BCUT2D eigenvalue weighted by Gasteiger charge is -2.18. The molecule has 1 aromatic rings. The number of anilines is 1. The molecule has 18 heavy (non-hydrogen) atoms. The van der Waals surface area contributed by atoms with Crippen molar-refractivity contribution >= 4 is 5.69 Å². The summed E-state index contributed by atoms with van der Waals surface area (Å²) in [4.78, 5) is 0. The number of hydrogen-bond acceptors (Lipinski definition) is 2. The summed E-state index contributed by atoms with van der Waals surface area (Å²) in [6.07, 6.45) is 1.25. The minimum Gasteiger partial charge on any atom is -0.492 e. The van der Waals surface area contributed by atoms with Gasteiger partial charge in [0.15, 0.2) is 0 Å². The molecule has 0 saturated carbocycles. The van der Waals surface area contributed by atoms with Gasteiger partial charge in [0.05, 0.1) is 12.3 Å². The molecular formula is C16H27NO. The highest BCUT2D eigenvalue weighted by Crippen LogP contribution is 2.26. The quantitative estimate of drug-likeness (QED) is 0.769. The van der Waals surface area contributed by atoms with Gasteiger partial charge in [0, 0.05) is 6.54 Å². The fourth-order valence-corrected chi connectivity index (χ4v) is 2.22. The van der Waals surface area contributed by atoms with Gasteiger partial charge in [-0.3, -0.25) is 0 Å². The zero-order chi connectivity index (χ0) is 13.5. The minimum absolute atomic E-state index is 0.681. The molecule has 0 radical (unpaired) electrons. The standard InChI is InChI=1S/C16H27NO/c1-6-18-16-10-13(4)7-8-15(16)17-11-14(5)9-12(2)3/h7-8,10,12,14,17H,6,9,11H2,1-5H3. The second-order valence-corrected chi connectivity index (χ2v) is 5.55. The van der Waals surface area contributed by atoms with Crippen molar-refractivity contribution in [1.29, 1.82) is 0 Å². The fourth-order valence-electron chi connectivity index (χ4n) is 2.22. The molecule has 1 rings (SSSR count). The van der Waals surface area contributed by atoms with Crippen LogP contribution < -0.4 is 10.1 Å². The molecule has 0 fully saturated rings. The first-order chi connectivity index (χ1) is 8.52. The Morgan fingerprint density at radius 2 is 1.94 bits per heavy atom. The third-order valence-electron chi connectivity index (χ3n) is 2.95. The second kappa shape index (κ2) is 7.30. The molecule has 0 aliphatic rings. The molecule has 1 unspecified atom stereocenters. The summed E-state index contributed by atoms with van der Waals surface area (Å²) >= 11 is 0. The van der Waals surface area contributed by atoms with E-state index >= 15 is 0 Å². The lowest BCUT2D eigenvalue weighted by molar-refractivity contribution is 0.341. The topological polar surface area (TPSA) is 21.3 Å². The Labute approximate surface area is 112 Å². The monoisotopic (exact) mass is 249 g/mol. The normalized spacial score (nSPS) is 12.6. The molecular weight excluding hydrogens is 222 g/mol. The van der Waals surface area contributed by atoms with E-state index in [0.29, 0.717) is 12.5 Å². The zero-order valence-corrected chi connectivity index (χ0v) is 12.4. The Balaban J connectivity index is 2.60. The molecule has 0 heterocycles. The second-order valence-electron chi connectivity index (χ2n) is 5.55. The van der Waals surface area contributed by atoms with Crippen LogP contribution in [0.2, 0.25) is 0 Å². The maximum atomic E-state index is 5.67. The van der Waals surface area contributed by atoms with Crippen LogP contribution in [-0.2, 0) is 0 Å². The third kappa shape index (κ3) is 4.99. The van der Waals surface area contributed by atoms with Gasteiger partial charge in [-0.15, -0.1) is 0 Å². The molecule has 0 spiro atoms. The largest absolute Gasteiger partial charge is 0.492 e. The van der Waals surface area contributed by atoms with Crippen LogP contribution in [0.15, 0.2) is 18.2 Å². The molecule has 2 nitrogen and oxygen atoms in total. The lowest BCUT2D eigenvalue weighted by Crippen LogP contribution is -2.14. The molecule has 1 atom stereocenters. The highest BCUT2D eigenvalue weighted by Gasteiger charge is 2.07. The van der Waals surface area contributed by atoms with Crippen LogP contribution in [0.4, 0.5) is 5.69 Å². The summed E-state index contributed by atoms with van der Waals surface area (Å²) in [7, 11) is 0. The summed E-state index contributed by atoms with van der Waals surface area (Å²) in [5.41, 5.74) is 2.34. The van der Waals surface area contributed by atoms with E-state index in [-0.39, 0.29) is 0 Å². The summed E-state index contributed by atoms with van der Waals surface area (Å²) < 4.78 is 5.67. The van der Waals surface area contributed by atoms with Crippen LogP contribution in [0.1, 0.15) is 39.7 Å². The predicted octanol–water partition coefficient (Wildman–Crippen LogP) is 4.49. The number of rotatable bonds is 7. The summed E-state index contributed by atoms with van der Waals surface area (Å²) in [5, 5.41) is 3.51. The van der Waals surface area contributed by atoms with Crippen LogP contribution in [-0.4, -0.2) is 13.2 Å². The van der Waals surface area contributed by atoms with Crippen LogP contribution in [0.25, 0.3) is 0 Å². The molecule has 0 saturated heterocycles. The van der Waals surface area contributed by atoms with Gasteiger partial charge in [0.1, 0.15) is 5.75 Å². The number of benzene rings is 1. The summed E-state index contributed by atoms with van der Waals surface area (Å²) in [5.74, 6) is 2.40. The van der Waals surface area contributed by atoms with Gasteiger partial charge in [-0.25, -0.2) is 0 Å². The Hall–Kier alpha value is -1.18. The van der Waals surface area contributed by atoms with E-state index in [1.807, 2.05) is 6.92 Å². The van der Waals surface area contributed by atoms with Crippen molar-refractivity contribution in [3.05, 3.63) is 23.8 Å². The SMILES string of the molecule is CCOc1cc(C)ccc1NCC(C)CC(C)C. The summed E-state index contributed by atoms with van der Waals surface area (Å²) in [6.45, 7) is 12.7. The molecule has 102 valence electrons. The molecule has 2 heteroatoms. The third-order valence-corrected chi connectivity index (χ3v) is 2.95. The molecule has 0 aromatic heterocycles. The van der Waals surface area contributed by atoms with Gasteiger partial charge in [-0.05, 0) is 49.8 Å². The highest BCUT2D eigenvalue weighted by atomic mass is 16.5. The Kier molecular flexibility index (Phi) is 6.03. The van der Waals surface area contributed by atoms with Gasteiger partial charge in [0.2, 0.25) is 0 Å². The van der Waals surface area contributed by atoms with Crippen molar-refractivity contribution in [2.24, 2.45) is 11.8 Å². The molecule has 0 bridgehead atoms. The van der Waals surface area contributed by atoms with Gasteiger partial charge >= 0.3 is 0 Å². The summed E-state index contributed by atoms with van der Waals surface area (Å²) in [6, 6.07) is 6.33. The average Bonchev–Trinajstić information content (AvgIpc) is 2.27. The molecule has 1 N–H and O–H groups in total. The zero-order valence-electron chi connectivity index (χ0n) is 12.4. The first kappa shape index (κ1) is 14.9. The first-order valence-corrected chi connectivity index (χ1v) is 7.00. The van der Waals surface area contributed by atoms with Crippen LogP contribution in [0, 0.1) is 18.8 Å². The molecule has 0 aliphatic heterocycles. The maximum absolute atomic E-state index is 5.67. The van der Waals surface area contributed by atoms with Crippen molar-refractivity contribution in [3.63, 3.8) is 0 Å². The molecule has 0 amide bonds. The van der Waals surface area contributed by atoms with Crippen LogP contribution in [0.5, 0.6) is 5.75 Å². The predicted molar refractivity (Wildman–Crippen MR) is 79.5 cm³/mol. The number of ether oxygens (including phenoxy) is 1. The minimum atomic E-state index is 0.681. The smallest absolute Gasteiger partial charge is 0.142 e. The van der Waals surface area contributed by atoms with E-state index in [0.717, 1.165) is 23.9 Å². The average molecular weight is 249 g/mol. The van der Waals surface area contributed by atoms with Gasteiger partial charge < -0.3 is 10.1 Å². The molecule has 1 aromatic carbocycles. The van der Waals surface area contributed by atoms with Crippen molar-refractivity contribution in [3.8, 4) is 5.75 Å². The Bertz CT molecular complexity index is 360. The van der Waals surface area contributed by atoms with Crippen molar-refractivity contribution in [2.75, 3.05) is 18.5 Å². The number of nitrogens with one attached hydrogen (secondary N) is 1. The number of aryl methyl sites for hydroxylation is 1. The van der Waals surface area contributed by atoms with Crippen molar-refractivity contribution < 1.29 is 4.74 Å². The van der Waals surface area contributed by atoms with Crippen LogP contribution >= 0.6 is 0 Å². The van der Waals surface area contributed by atoms with E-state index in [1.165, 1.54) is 12.0 Å². The Morgan fingerprint density at radius 1 is 1.22 bits per heavy atom. The maximum Gasteiger partial charge on any atom is 0.142 e. The fraction of sp³-hybridized carbons (Fsp3) is 0.625. The van der Waals surface area contributed by atoms with Crippen molar-refractivity contribution in [1.82, 2.24) is 0 Å². The Morgan fingerprint density at radius 3 is 2.56 bits per heavy atom. The van der Waals surface area contributed by atoms with E-state index < -0.39 is 0 Å². The molecule has 0 aliphatic carbocycles. The van der Waals surface area contributed by atoms with E-state index in [2.05, 4.69) is 51.2 Å². The van der Waals surface area contributed by atoms with Crippen molar-refractivity contribution in [2.45, 2.75) is 41.0 Å². The van der Waals surface area contributed by atoms with Gasteiger partial charge in [-0.1, -0.05) is 26.8 Å². The van der Waals surface area contributed by atoms with Crippen LogP contribution in [0.3, 0.4) is 0 Å². The lowest BCUT2D eigenvalue weighted by atomic mass is 9.99. The van der Waals surface area contributed by atoms with E-state index in [1.54, 1.807) is 0 Å². The van der Waals surface area contributed by atoms with Gasteiger partial charge in [-0.2, -0.15) is 0 Å². The number of hydrogen-bond donors (Lipinski definition) is 1. The highest BCUT2D eigenvalue weighted by molar-refractivity contribution is 5.57. The van der Waals surface area contributed by atoms with E-state index in [9.17, 15) is 0 Å². The van der Waals surface area contributed by atoms with E-state index in [4.69, 9.17) is 4.74 Å². The first-order valence-electron chi connectivity index (χ1n) is 7.00.